The van der Waals surface area contributed by atoms with Crippen LogP contribution in [-0.2, 0) is 6.42 Å². The predicted molar refractivity (Wildman–Crippen MR) is 55.0 cm³/mol. The number of aromatic nitrogens is 3. The van der Waals surface area contributed by atoms with Gasteiger partial charge in [-0.25, -0.2) is 0 Å². The quantitative estimate of drug-likeness (QED) is 0.805. The normalized spacial score (nSPS) is 10.5. The second-order valence-corrected chi connectivity index (χ2v) is 3.22. The Morgan fingerprint density at radius 1 is 1.47 bits per heavy atom. The Labute approximate surface area is 87.3 Å². The molecule has 0 fully saturated rings. The molecule has 0 aliphatic carbocycles. The molecule has 15 heavy (non-hydrogen) atoms. The number of hydrogen-bond donors (Lipinski definition) is 1. The fraction of sp³-hybridized carbons (Fsp3) is 0.300. The highest BCUT2D eigenvalue weighted by atomic mass is 16.5. The summed E-state index contributed by atoms with van der Waals surface area (Å²) in [7, 11) is 0. The van der Waals surface area contributed by atoms with Crippen molar-refractivity contribution in [1.29, 1.82) is 0 Å². The zero-order chi connectivity index (χ0) is 10.7. The van der Waals surface area contributed by atoms with Gasteiger partial charge in [0.15, 0.2) is 5.82 Å². The van der Waals surface area contributed by atoms with Crippen molar-refractivity contribution in [2.24, 2.45) is 5.73 Å². The topological polar surface area (TPSA) is 77.8 Å². The monoisotopic (exact) mass is 204 g/mol. The van der Waals surface area contributed by atoms with Gasteiger partial charge in [0.05, 0.1) is 0 Å². The maximum Gasteiger partial charge on any atom is 0.276 e. The first-order valence-corrected chi connectivity index (χ1v) is 4.76. The Hall–Kier alpha value is -1.75. The van der Waals surface area contributed by atoms with Gasteiger partial charge in [-0.15, -0.1) is 0 Å². The molecular formula is C10H12N4O. The van der Waals surface area contributed by atoms with Crippen LogP contribution in [0.5, 0.6) is 0 Å². The highest BCUT2D eigenvalue weighted by Gasteiger charge is 2.11. The van der Waals surface area contributed by atoms with Gasteiger partial charge in [0, 0.05) is 12.6 Å². The smallest absolute Gasteiger partial charge is 0.276 e. The third-order valence-corrected chi connectivity index (χ3v) is 2.05. The second kappa shape index (κ2) is 4.18. The highest BCUT2D eigenvalue weighted by Crippen LogP contribution is 2.17. The lowest BCUT2D eigenvalue weighted by Gasteiger charge is -1.96. The van der Waals surface area contributed by atoms with Gasteiger partial charge in [-0.3, -0.25) is 4.98 Å². The van der Waals surface area contributed by atoms with E-state index in [1.807, 2.05) is 19.1 Å². The second-order valence-electron chi connectivity index (χ2n) is 3.22. The molecule has 0 aromatic carbocycles. The predicted octanol–water partition coefficient (Wildman–Crippen LogP) is 0.941. The number of nitrogens with two attached hydrogens (primary N) is 1. The van der Waals surface area contributed by atoms with Gasteiger partial charge >= 0.3 is 0 Å². The number of pyridine rings is 1. The molecule has 2 heterocycles. The number of rotatable bonds is 3. The average Bonchev–Trinajstić information content (AvgIpc) is 2.68. The van der Waals surface area contributed by atoms with E-state index in [1.54, 1.807) is 6.20 Å². The summed E-state index contributed by atoms with van der Waals surface area (Å²) >= 11 is 0. The number of aryl methyl sites for hydroxylation is 1. The molecule has 2 aromatic rings. The number of nitrogens with zero attached hydrogens (tertiary/aromatic N) is 3. The minimum absolute atomic E-state index is 0.455. The van der Waals surface area contributed by atoms with E-state index in [2.05, 4.69) is 15.1 Å². The van der Waals surface area contributed by atoms with E-state index in [9.17, 15) is 0 Å². The van der Waals surface area contributed by atoms with Crippen LogP contribution in [0.2, 0.25) is 0 Å². The van der Waals surface area contributed by atoms with Crippen molar-refractivity contribution in [2.45, 2.75) is 13.3 Å². The Bertz CT molecular complexity index is 452. The third kappa shape index (κ3) is 2.02. The van der Waals surface area contributed by atoms with Crippen LogP contribution in [0.15, 0.2) is 22.9 Å². The van der Waals surface area contributed by atoms with Crippen LogP contribution in [0.4, 0.5) is 0 Å². The Morgan fingerprint density at radius 3 is 3.07 bits per heavy atom. The summed E-state index contributed by atoms with van der Waals surface area (Å²) < 4.78 is 5.10. The van der Waals surface area contributed by atoms with E-state index >= 15 is 0 Å². The molecule has 0 amide bonds. The summed E-state index contributed by atoms with van der Waals surface area (Å²) in [5.74, 6) is 1.08. The molecule has 2 aromatic heterocycles. The Kier molecular flexibility index (Phi) is 2.73. The molecule has 0 spiro atoms. The average molecular weight is 204 g/mol. The molecule has 0 saturated carbocycles. The first-order chi connectivity index (χ1) is 7.31. The van der Waals surface area contributed by atoms with Gasteiger partial charge in [0.1, 0.15) is 5.69 Å². The summed E-state index contributed by atoms with van der Waals surface area (Å²) in [5.41, 5.74) is 7.15. The van der Waals surface area contributed by atoms with Crippen molar-refractivity contribution in [3.8, 4) is 11.6 Å². The standard InChI is InChI=1S/C10H12N4O/c1-7-3-2-6-12-9(7)10-13-8(4-5-11)14-15-10/h2-3,6H,4-5,11H2,1H3. The highest BCUT2D eigenvalue weighted by molar-refractivity contribution is 5.51. The van der Waals surface area contributed by atoms with Crippen LogP contribution < -0.4 is 5.73 Å². The van der Waals surface area contributed by atoms with Crippen molar-refractivity contribution in [3.05, 3.63) is 29.7 Å². The van der Waals surface area contributed by atoms with E-state index in [1.165, 1.54) is 0 Å². The lowest BCUT2D eigenvalue weighted by molar-refractivity contribution is 0.421. The lowest BCUT2D eigenvalue weighted by Crippen LogP contribution is -2.03. The lowest BCUT2D eigenvalue weighted by atomic mass is 10.2. The first kappa shape index (κ1) is 9.79. The summed E-state index contributed by atoms with van der Waals surface area (Å²) in [6, 6.07) is 3.82. The zero-order valence-electron chi connectivity index (χ0n) is 8.47. The first-order valence-electron chi connectivity index (χ1n) is 4.76. The van der Waals surface area contributed by atoms with Crippen molar-refractivity contribution in [2.75, 3.05) is 6.54 Å². The van der Waals surface area contributed by atoms with Crippen LogP contribution in [0.3, 0.4) is 0 Å². The molecule has 0 radical (unpaired) electrons. The van der Waals surface area contributed by atoms with E-state index in [4.69, 9.17) is 10.3 Å². The Morgan fingerprint density at radius 2 is 2.33 bits per heavy atom. The maximum absolute atomic E-state index is 5.40. The fourth-order valence-electron chi connectivity index (χ4n) is 1.29. The van der Waals surface area contributed by atoms with Crippen LogP contribution in [-0.4, -0.2) is 21.7 Å². The summed E-state index contributed by atoms with van der Waals surface area (Å²) in [5, 5.41) is 3.82. The number of hydrogen-bond acceptors (Lipinski definition) is 5. The molecule has 5 heteroatoms. The fourth-order valence-corrected chi connectivity index (χ4v) is 1.29. The van der Waals surface area contributed by atoms with Crippen LogP contribution in [0.1, 0.15) is 11.4 Å². The summed E-state index contributed by atoms with van der Waals surface area (Å²) in [6.07, 6.45) is 2.32. The zero-order valence-corrected chi connectivity index (χ0v) is 8.47. The molecule has 0 bridgehead atoms. The Balaban J connectivity index is 2.33. The summed E-state index contributed by atoms with van der Waals surface area (Å²) in [6.45, 7) is 2.47. The minimum Gasteiger partial charge on any atom is -0.332 e. The molecule has 78 valence electrons. The van der Waals surface area contributed by atoms with Gasteiger partial charge < -0.3 is 10.3 Å². The molecule has 0 atom stereocenters. The molecule has 2 N–H and O–H groups in total. The molecule has 5 nitrogen and oxygen atoms in total. The van der Waals surface area contributed by atoms with Crippen LogP contribution in [0.25, 0.3) is 11.6 Å². The SMILES string of the molecule is Cc1cccnc1-c1nc(CCN)no1. The molecule has 0 saturated heterocycles. The van der Waals surface area contributed by atoms with Gasteiger partial charge in [-0.1, -0.05) is 11.2 Å². The molecule has 0 aliphatic heterocycles. The summed E-state index contributed by atoms with van der Waals surface area (Å²) in [4.78, 5) is 8.41. The van der Waals surface area contributed by atoms with Crippen molar-refractivity contribution in [3.63, 3.8) is 0 Å². The molecular weight excluding hydrogens is 192 g/mol. The van der Waals surface area contributed by atoms with E-state index in [-0.39, 0.29) is 0 Å². The van der Waals surface area contributed by atoms with Gasteiger partial charge in [-0.05, 0) is 25.1 Å². The van der Waals surface area contributed by atoms with Crippen molar-refractivity contribution < 1.29 is 4.52 Å². The minimum atomic E-state index is 0.455. The maximum atomic E-state index is 5.40. The van der Waals surface area contributed by atoms with E-state index in [0.29, 0.717) is 24.7 Å². The molecule has 0 unspecified atom stereocenters. The van der Waals surface area contributed by atoms with E-state index in [0.717, 1.165) is 11.3 Å². The van der Waals surface area contributed by atoms with Crippen molar-refractivity contribution in [1.82, 2.24) is 15.1 Å². The largest absolute Gasteiger partial charge is 0.332 e. The van der Waals surface area contributed by atoms with Gasteiger partial charge in [0.25, 0.3) is 5.89 Å². The van der Waals surface area contributed by atoms with Gasteiger partial charge in [-0.2, -0.15) is 4.98 Å². The molecule has 0 aliphatic rings. The van der Waals surface area contributed by atoms with E-state index < -0.39 is 0 Å². The van der Waals surface area contributed by atoms with Crippen LogP contribution in [0, 0.1) is 6.92 Å². The molecule has 2 rings (SSSR count). The van der Waals surface area contributed by atoms with Crippen molar-refractivity contribution >= 4 is 0 Å². The van der Waals surface area contributed by atoms with Gasteiger partial charge in [0.2, 0.25) is 0 Å². The van der Waals surface area contributed by atoms with Crippen LogP contribution >= 0.6 is 0 Å². The third-order valence-electron chi connectivity index (χ3n) is 2.05.